The lowest BCUT2D eigenvalue weighted by Gasteiger charge is -2.22. The lowest BCUT2D eigenvalue weighted by Crippen LogP contribution is -2.55. The van der Waals surface area contributed by atoms with Crippen LogP contribution in [0.25, 0.3) is 0 Å². The Labute approximate surface area is 168 Å². The molecule has 0 bridgehead atoms. The quantitative estimate of drug-likeness (QED) is 0.505. The molecular formula is C21H24N2O6. The molecule has 4 N–H and O–H groups in total. The van der Waals surface area contributed by atoms with Crippen molar-refractivity contribution in [2.75, 3.05) is 0 Å². The molecule has 0 radical (unpaired) electrons. The van der Waals surface area contributed by atoms with Gasteiger partial charge in [-0.25, -0.2) is 9.59 Å². The SMILES string of the molecule is CC(O)C(NC(=O)C(Cc1ccccc1)NC(=O)OCc1ccccc1)C(=O)O. The third kappa shape index (κ3) is 7.27. The number of hydrogen-bond donors (Lipinski definition) is 4. The van der Waals surface area contributed by atoms with E-state index in [-0.39, 0.29) is 13.0 Å². The highest BCUT2D eigenvalue weighted by Gasteiger charge is 2.29. The van der Waals surface area contributed by atoms with Gasteiger partial charge < -0.3 is 25.6 Å². The minimum Gasteiger partial charge on any atom is -0.480 e. The van der Waals surface area contributed by atoms with Crippen LogP contribution in [0.3, 0.4) is 0 Å². The summed E-state index contributed by atoms with van der Waals surface area (Å²) in [6, 6.07) is 15.4. The van der Waals surface area contributed by atoms with E-state index >= 15 is 0 Å². The number of aliphatic carboxylic acids is 1. The second kappa shape index (κ2) is 10.8. The third-order valence-corrected chi connectivity index (χ3v) is 4.15. The van der Waals surface area contributed by atoms with Crippen LogP contribution in [0.4, 0.5) is 4.79 Å². The highest BCUT2D eigenvalue weighted by atomic mass is 16.5. The van der Waals surface area contributed by atoms with Crippen LogP contribution < -0.4 is 10.6 Å². The largest absolute Gasteiger partial charge is 0.480 e. The number of ether oxygens (including phenoxy) is 1. The normalized spacial score (nSPS) is 13.6. The van der Waals surface area contributed by atoms with E-state index in [2.05, 4.69) is 10.6 Å². The van der Waals surface area contributed by atoms with E-state index < -0.39 is 36.2 Å². The molecule has 0 aromatic heterocycles. The molecule has 3 unspecified atom stereocenters. The Morgan fingerprint density at radius 3 is 2.00 bits per heavy atom. The van der Waals surface area contributed by atoms with Crippen LogP contribution >= 0.6 is 0 Å². The molecule has 0 aliphatic carbocycles. The van der Waals surface area contributed by atoms with E-state index in [4.69, 9.17) is 9.84 Å². The molecule has 2 aromatic carbocycles. The Balaban J connectivity index is 2.06. The predicted molar refractivity (Wildman–Crippen MR) is 105 cm³/mol. The molecule has 2 aromatic rings. The standard InChI is InChI=1S/C21H24N2O6/c1-14(24)18(20(26)27)23-19(25)17(12-15-8-4-2-5-9-15)22-21(28)29-13-16-10-6-3-7-11-16/h2-11,14,17-18,24H,12-13H2,1H3,(H,22,28)(H,23,25)(H,26,27). The smallest absolute Gasteiger partial charge is 0.408 e. The number of aliphatic hydroxyl groups is 1. The number of benzene rings is 2. The fourth-order valence-electron chi connectivity index (χ4n) is 2.61. The molecule has 0 aliphatic heterocycles. The Morgan fingerprint density at radius 1 is 0.931 bits per heavy atom. The predicted octanol–water partition coefficient (Wildman–Crippen LogP) is 1.47. The van der Waals surface area contributed by atoms with Crippen molar-refractivity contribution in [1.29, 1.82) is 0 Å². The number of carboxylic acid groups (broad SMARTS) is 1. The van der Waals surface area contributed by atoms with Gasteiger partial charge in [-0.1, -0.05) is 60.7 Å². The molecule has 29 heavy (non-hydrogen) atoms. The fraction of sp³-hybridized carbons (Fsp3) is 0.286. The van der Waals surface area contributed by atoms with Crippen LogP contribution in [-0.4, -0.2) is 46.4 Å². The molecule has 2 amide bonds. The molecule has 3 atom stereocenters. The minimum atomic E-state index is -1.50. The first-order chi connectivity index (χ1) is 13.9. The van der Waals surface area contributed by atoms with Crippen molar-refractivity contribution >= 4 is 18.0 Å². The molecule has 154 valence electrons. The highest BCUT2D eigenvalue weighted by molar-refractivity contribution is 5.89. The van der Waals surface area contributed by atoms with Gasteiger partial charge in [0.15, 0.2) is 6.04 Å². The molecule has 8 nitrogen and oxygen atoms in total. The molecular weight excluding hydrogens is 376 g/mol. The summed E-state index contributed by atoms with van der Waals surface area (Å²) in [6.07, 6.45) is -1.99. The lowest BCUT2D eigenvalue weighted by atomic mass is 10.0. The van der Waals surface area contributed by atoms with Crippen molar-refractivity contribution in [2.24, 2.45) is 0 Å². The summed E-state index contributed by atoms with van der Waals surface area (Å²) in [7, 11) is 0. The Hall–Kier alpha value is -3.39. The van der Waals surface area contributed by atoms with Crippen molar-refractivity contribution in [2.45, 2.75) is 38.1 Å². The summed E-state index contributed by atoms with van der Waals surface area (Å²) >= 11 is 0. The fourth-order valence-corrected chi connectivity index (χ4v) is 2.61. The van der Waals surface area contributed by atoms with Gasteiger partial charge >= 0.3 is 12.1 Å². The molecule has 2 rings (SSSR count). The number of rotatable bonds is 9. The zero-order chi connectivity index (χ0) is 21.2. The van der Waals surface area contributed by atoms with Gasteiger partial charge in [-0.2, -0.15) is 0 Å². The van der Waals surface area contributed by atoms with Gasteiger partial charge in [0, 0.05) is 6.42 Å². The Kier molecular flexibility index (Phi) is 8.17. The number of amides is 2. The number of nitrogens with one attached hydrogen (secondary N) is 2. The van der Waals surface area contributed by atoms with Crippen LogP contribution in [0.1, 0.15) is 18.1 Å². The van der Waals surface area contributed by atoms with Crippen molar-refractivity contribution < 1.29 is 29.3 Å². The summed E-state index contributed by atoms with van der Waals surface area (Å²) in [5, 5.41) is 23.5. The number of alkyl carbamates (subject to hydrolysis) is 1. The van der Waals surface area contributed by atoms with Crippen LogP contribution in [0.15, 0.2) is 60.7 Å². The topological polar surface area (TPSA) is 125 Å². The van der Waals surface area contributed by atoms with Crippen LogP contribution in [0, 0.1) is 0 Å². The zero-order valence-electron chi connectivity index (χ0n) is 15.9. The average Bonchev–Trinajstić information content (AvgIpc) is 2.71. The maximum absolute atomic E-state index is 12.6. The van der Waals surface area contributed by atoms with Gasteiger partial charge in [-0.05, 0) is 18.1 Å². The van der Waals surface area contributed by atoms with Gasteiger partial charge in [0.2, 0.25) is 5.91 Å². The maximum Gasteiger partial charge on any atom is 0.408 e. The first-order valence-corrected chi connectivity index (χ1v) is 9.09. The van der Waals surface area contributed by atoms with Gasteiger partial charge in [-0.3, -0.25) is 4.79 Å². The molecule has 0 heterocycles. The molecule has 0 spiro atoms. The summed E-state index contributed by atoms with van der Waals surface area (Å²) < 4.78 is 5.15. The third-order valence-electron chi connectivity index (χ3n) is 4.15. The number of aliphatic hydroxyl groups excluding tert-OH is 1. The van der Waals surface area contributed by atoms with E-state index in [0.29, 0.717) is 0 Å². The summed E-state index contributed by atoms with van der Waals surface area (Å²) in [5.74, 6) is -2.11. The summed E-state index contributed by atoms with van der Waals surface area (Å²) in [6.45, 7) is 1.28. The van der Waals surface area contributed by atoms with Gasteiger partial charge in [0.1, 0.15) is 12.6 Å². The Morgan fingerprint density at radius 2 is 1.48 bits per heavy atom. The second-order valence-electron chi connectivity index (χ2n) is 6.51. The summed E-state index contributed by atoms with van der Waals surface area (Å²) in [5.41, 5.74) is 1.55. The van der Waals surface area contributed by atoms with E-state index in [0.717, 1.165) is 11.1 Å². The number of carbonyl (C=O) groups excluding carboxylic acids is 2. The highest BCUT2D eigenvalue weighted by Crippen LogP contribution is 2.06. The van der Waals surface area contributed by atoms with E-state index in [1.165, 1.54) is 6.92 Å². The number of hydrogen-bond acceptors (Lipinski definition) is 5. The van der Waals surface area contributed by atoms with Crippen LogP contribution in [-0.2, 0) is 27.4 Å². The van der Waals surface area contributed by atoms with Gasteiger partial charge in [0.05, 0.1) is 6.10 Å². The molecule has 8 heteroatoms. The van der Waals surface area contributed by atoms with Crippen LogP contribution in [0.2, 0.25) is 0 Å². The average molecular weight is 400 g/mol. The molecule has 0 fully saturated rings. The van der Waals surface area contributed by atoms with E-state index in [1.54, 1.807) is 36.4 Å². The number of carboxylic acids is 1. The van der Waals surface area contributed by atoms with Crippen molar-refractivity contribution in [1.82, 2.24) is 10.6 Å². The first kappa shape index (κ1) is 21.9. The zero-order valence-corrected chi connectivity index (χ0v) is 15.9. The Bertz CT molecular complexity index is 810. The van der Waals surface area contributed by atoms with Gasteiger partial charge in [-0.15, -0.1) is 0 Å². The number of carbonyl (C=O) groups is 3. The second-order valence-corrected chi connectivity index (χ2v) is 6.51. The molecule has 0 saturated heterocycles. The first-order valence-electron chi connectivity index (χ1n) is 9.09. The van der Waals surface area contributed by atoms with Crippen molar-refractivity contribution in [3.63, 3.8) is 0 Å². The van der Waals surface area contributed by atoms with E-state index in [9.17, 15) is 19.5 Å². The maximum atomic E-state index is 12.6. The van der Waals surface area contributed by atoms with Crippen molar-refractivity contribution in [3.8, 4) is 0 Å². The lowest BCUT2D eigenvalue weighted by molar-refractivity contribution is -0.145. The molecule has 0 saturated carbocycles. The van der Waals surface area contributed by atoms with Crippen LogP contribution in [0.5, 0.6) is 0 Å². The van der Waals surface area contributed by atoms with Gasteiger partial charge in [0.25, 0.3) is 0 Å². The minimum absolute atomic E-state index is 0.0256. The molecule has 0 aliphatic rings. The van der Waals surface area contributed by atoms with Crippen molar-refractivity contribution in [3.05, 3.63) is 71.8 Å². The van der Waals surface area contributed by atoms with E-state index in [1.807, 2.05) is 24.3 Å². The summed E-state index contributed by atoms with van der Waals surface area (Å²) in [4.78, 5) is 36.1. The monoisotopic (exact) mass is 400 g/mol.